The van der Waals surface area contributed by atoms with Gasteiger partial charge in [0.15, 0.2) is 0 Å². The Hall–Kier alpha value is -3.58. The molecule has 0 saturated carbocycles. The molecule has 2 N–H and O–H groups in total. The van der Waals surface area contributed by atoms with Gasteiger partial charge in [-0.25, -0.2) is 17.6 Å². The van der Waals surface area contributed by atoms with E-state index in [1.165, 1.54) is 48.5 Å². The Morgan fingerprint density at radius 3 is 1.16 bits per heavy atom. The van der Waals surface area contributed by atoms with Crippen molar-refractivity contribution in [2.24, 2.45) is 10.8 Å². The van der Waals surface area contributed by atoms with E-state index in [9.17, 15) is 27.8 Å². The lowest BCUT2D eigenvalue weighted by Gasteiger charge is -2.39. The van der Waals surface area contributed by atoms with Crippen LogP contribution in [0.1, 0.15) is 113 Å². The van der Waals surface area contributed by atoms with E-state index in [0.717, 1.165) is 94.9 Å². The molecule has 4 aromatic rings. The van der Waals surface area contributed by atoms with Crippen LogP contribution in [-0.2, 0) is 0 Å². The van der Waals surface area contributed by atoms with Crippen molar-refractivity contribution in [2.75, 3.05) is 11.5 Å². The van der Waals surface area contributed by atoms with Gasteiger partial charge in [-0.2, -0.15) is 0 Å². The average Bonchev–Trinajstić information content (AvgIpc) is 3.42. The molecule has 0 bridgehead atoms. The van der Waals surface area contributed by atoms with Crippen molar-refractivity contribution in [3.63, 3.8) is 0 Å². The van der Waals surface area contributed by atoms with Crippen LogP contribution in [0.3, 0.4) is 0 Å². The van der Waals surface area contributed by atoms with E-state index in [4.69, 9.17) is 19.9 Å². The van der Waals surface area contributed by atoms with Gasteiger partial charge in [0.2, 0.25) is 0 Å². The minimum Gasteiger partial charge on any atom is -0.392 e. The zero-order valence-electron chi connectivity index (χ0n) is 32.3. The highest BCUT2D eigenvalue weighted by atomic mass is 32.2. The topological polar surface area (TPSA) is 109 Å². The summed E-state index contributed by atoms with van der Waals surface area (Å²) in [6.45, 7) is 8.55. The quantitative estimate of drug-likeness (QED) is 0.152. The molecule has 304 valence electrons. The maximum absolute atomic E-state index is 14.0. The SMILES string of the molecule is CCCC[C@]1(CC)CSc2ccc(F)cc2[C@@H](c2ccc(F)cc2)[C@H]1O.CCCC[C@]1(CC)CSc2ccc(F)cc2[C@H](c2ccc(F)cc2)[C@@H]1O.O=O.O=O. The molecule has 0 fully saturated rings. The zero-order valence-corrected chi connectivity index (χ0v) is 34.0. The fourth-order valence-electron chi connectivity index (χ4n) is 7.99. The van der Waals surface area contributed by atoms with Crippen LogP contribution in [0.4, 0.5) is 17.6 Å². The number of hydrogen-bond acceptors (Lipinski definition) is 8. The van der Waals surface area contributed by atoms with Crippen LogP contribution in [0.5, 0.6) is 0 Å². The molecule has 0 unspecified atom stereocenters. The number of unbranched alkanes of at least 4 members (excludes halogenated alkanes) is 2. The van der Waals surface area contributed by atoms with Gasteiger partial charge in [-0.05, 0) is 109 Å². The third-order valence-corrected chi connectivity index (χ3v) is 14.3. The second kappa shape index (κ2) is 22.4. The lowest BCUT2D eigenvalue weighted by molar-refractivity contribution is 0.0181. The van der Waals surface area contributed by atoms with Crippen molar-refractivity contribution in [3.8, 4) is 0 Å². The summed E-state index contributed by atoms with van der Waals surface area (Å²) in [6, 6.07) is 22.2. The van der Waals surface area contributed by atoms with E-state index < -0.39 is 12.2 Å². The Morgan fingerprint density at radius 2 is 0.857 bits per heavy atom. The maximum atomic E-state index is 14.0. The molecule has 12 heteroatoms. The summed E-state index contributed by atoms with van der Waals surface area (Å²) >= 11 is 3.41. The number of halogens is 4. The number of fused-ring (bicyclic) bond motifs is 2. The summed E-state index contributed by atoms with van der Waals surface area (Å²) in [7, 11) is 0. The van der Waals surface area contributed by atoms with Crippen LogP contribution in [0.25, 0.3) is 0 Å². The van der Waals surface area contributed by atoms with Crippen LogP contribution in [-0.4, -0.2) is 33.9 Å². The largest absolute Gasteiger partial charge is 0.392 e. The fraction of sp³-hybridized carbons (Fsp3) is 0.455. The van der Waals surface area contributed by atoms with Gasteiger partial charge in [0.05, 0.1) is 12.2 Å². The molecular formula is C44H52F4O6S2. The number of benzene rings is 4. The van der Waals surface area contributed by atoms with Gasteiger partial charge >= 0.3 is 0 Å². The molecule has 2 aliphatic heterocycles. The van der Waals surface area contributed by atoms with Gasteiger partial charge < -0.3 is 10.2 Å². The number of aliphatic hydroxyl groups is 2. The van der Waals surface area contributed by atoms with Gasteiger partial charge in [0.1, 0.15) is 23.3 Å². The van der Waals surface area contributed by atoms with Crippen molar-refractivity contribution in [2.45, 2.75) is 113 Å². The van der Waals surface area contributed by atoms with E-state index in [1.807, 2.05) is 12.1 Å². The normalized spacial score (nSPS) is 23.9. The molecular weight excluding hydrogens is 765 g/mol. The molecule has 0 aromatic heterocycles. The van der Waals surface area contributed by atoms with Crippen LogP contribution >= 0.6 is 23.5 Å². The minimum absolute atomic E-state index is 0.241. The predicted octanol–water partition coefficient (Wildman–Crippen LogP) is 12.4. The van der Waals surface area contributed by atoms with Crippen molar-refractivity contribution in [1.82, 2.24) is 0 Å². The smallest absolute Gasteiger partial charge is 0.123 e. The summed E-state index contributed by atoms with van der Waals surface area (Å²) in [4.78, 5) is 30.0. The van der Waals surface area contributed by atoms with Crippen LogP contribution < -0.4 is 0 Å². The van der Waals surface area contributed by atoms with E-state index in [1.54, 1.807) is 47.8 Å². The molecule has 6 nitrogen and oxygen atoms in total. The van der Waals surface area contributed by atoms with Gasteiger partial charge in [-0.1, -0.05) is 77.6 Å². The standard InChI is InChI=1S/2C22H26F2OS.2O2/c2*1-3-5-12-22(4-2)14-26-19-11-10-17(24)13-18(19)20(21(22)25)15-6-8-16(23)9-7-15;2*1-2/h2*6-11,13,20-21,25H,3-5,12,14H2,1-2H3;;/t20-,21-,22+;20-,21-,22-;;/m01../s1. The lowest BCUT2D eigenvalue weighted by Crippen LogP contribution is -2.40. The summed E-state index contributed by atoms with van der Waals surface area (Å²) < 4.78 is 55.0. The van der Waals surface area contributed by atoms with E-state index in [2.05, 4.69) is 27.7 Å². The van der Waals surface area contributed by atoms with Crippen molar-refractivity contribution < 1.29 is 27.8 Å². The number of rotatable bonds is 10. The van der Waals surface area contributed by atoms with Crippen LogP contribution in [0.15, 0.2) is 94.7 Å². The number of thioether (sulfide) groups is 2. The van der Waals surface area contributed by atoms with Gasteiger partial charge in [0, 0.05) is 63.8 Å². The monoisotopic (exact) mass is 816 g/mol. The first kappa shape index (κ1) is 46.8. The summed E-state index contributed by atoms with van der Waals surface area (Å²) in [5, 5.41) is 23.0. The zero-order chi connectivity index (χ0) is 41.5. The molecule has 2 heterocycles. The van der Waals surface area contributed by atoms with E-state index in [-0.39, 0.29) is 45.9 Å². The first-order valence-corrected chi connectivity index (χ1v) is 21.0. The Kier molecular flexibility index (Phi) is 18.7. The molecule has 0 aliphatic carbocycles. The maximum Gasteiger partial charge on any atom is 0.123 e. The molecule has 0 amide bonds. The first-order chi connectivity index (χ1) is 27.0. The minimum atomic E-state index is -0.639. The predicted molar refractivity (Wildman–Crippen MR) is 221 cm³/mol. The Balaban J connectivity index is 0.000000276. The van der Waals surface area contributed by atoms with Crippen molar-refractivity contribution >= 4 is 23.5 Å². The van der Waals surface area contributed by atoms with E-state index >= 15 is 0 Å². The van der Waals surface area contributed by atoms with Crippen LogP contribution in [0.2, 0.25) is 0 Å². The summed E-state index contributed by atoms with van der Waals surface area (Å²) in [5.41, 5.74) is 2.80. The highest BCUT2D eigenvalue weighted by Gasteiger charge is 2.46. The molecule has 0 spiro atoms. The Morgan fingerprint density at radius 1 is 0.536 bits per heavy atom. The number of aliphatic hydroxyl groups excluding tert-OH is 2. The highest BCUT2D eigenvalue weighted by molar-refractivity contribution is 7.99. The molecule has 56 heavy (non-hydrogen) atoms. The van der Waals surface area contributed by atoms with Gasteiger partial charge in [-0.15, -0.1) is 23.5 Å². The third kappa shape index (κ3) is 10.9. The van der Waals surface area contributed by atoms with E-state index in [0.29, 0.717) is 0 Å². The summed E-state index contributed by atoms with van der Waals surface area (Å²) in [6.07, 6.45) is 6.54. The Labute approximate surface area is 335 Å². The fourth-order valence-corrected chi connectivity index (χ4v) is 10.9. The van der Waals surface area contributed by atoms with Gasteiger partial charge in [0.25, 0.3) is 0 Å². The first-order valence-electron chi connectivity index (χ1n) is 19.1. The summed E-state index contributed by atoms with van der Waals surface area (Å²) in [5.74, 6) is -0.317. The second-order valence-electron chi connectivity index (χ2n) is 14.5. The molecule has 6 atom stereocenters. The average molecular weight is 817 g/mol. The highest BCUT2D eigenvalue weighted by Crippen LogP contribution is 2.52. The second-order valence-corrected chi connectivity index (χ2v) is 16.6. The molecule has 2 aliphatic rings. The molecule has 0 saturated heterocycles. The lowest BCUT2D eigenvalue weighted by atomic mass is 9.69. The van der Waals surface area contributed by atoms with Crippen molar-refractivity contribution in [3.05, 3.63) is 150 Å². The Bertz CT molecular complexity index is 1670. The van der Waals surface area contributed by atoms with Crippen LogP contribution in [0, 0.1) is 54.0 Å². The number of hydrogen-bond donors (Lipinski definition) is 2. The molecule has 0 radical (unpaired) electrons. The van der Waals surface area contributed by atoms with Crippen molar-refractivity contribution in [1.29, 1.82) is 0 Å². The molecule has 4 aromatic carbocycles. The van der Waals surface area contributed by atoms with Gasteiger partial charge in [-0.3, -0.25) is 0 Å². The molecule has 6 rings (SSSR count). The third-order valence-electron chi connectivity index (χ3n) is 11.5.